The van der Waals surface area contributed by atoms with Crippen LogP contribution in [0.3, 0.4) is 0 Å². The number of hydrogen-bond donors (Lipinski definition) is 0. The Morgan fingerprint density at radius 3 is 1.61 bits per heavy atom. The molecule has 0 bridgehead atoms. The molecule has 0 N–H and O–H groups in total. The van der Waals surface area contributed by atoms with Gasteiger partial charge in [-0.3, -0.25) is 0 Å². The van der Waals surface area contributed by atoms with E-state index in [1.807, 2.05) is 12.1 Å². The molecule has 0 amide bonds. The molecule has 54 heavy (non-hydrogen) atoms. The summed E-state index contributed by atoms with van der Waals surface area (Å²) in [5.41, 5.74) is 14.6. The van der Waals surface area contributed by atoms with Crippen LogP contribution in [-0.4, -0.2) is 0 Å². The molecule has 10 aromatic rings. The first kappa shape index (κ1) is 31.6. The fourth-order valence-electron chi connectivity index (χ4n) is 7.81. The Bertz CT molecular complexity index is 2920. The molecule has 0 saturated heterocycles. The smallest absolute Gasteiger partial charge is 0.135 e. The molecule has 10 rings (SSSR count). The molecule has 0 spiro atoms. The van der Waals surface area contributed by atoms with E-state index in [9.17, 15) is 0 Å². The Kier molecular flexibility index (Phi) is 7.85. The first-order chi connectivity index (χ1) is 26.8. The molecule has 0 radical (unpaired) electrons. The van der Waals surface area contributed by atoms with E-state index >= 15 is 0 Å². The topological polar surface area (TPSA) is 16.4 Å². The highest BCUT2D eigenvalue weighted by molar-refractivity contribution is 6.06. The molecule has 1 aromatic heterocycles. The van der Waals surface area contributed by atoms with Crippen molar-refractivity contribution in [2.45, 2.75) is 0 Å². The zero-order valence-corrected chi connectivity index (χ0v) is 29.6. The van der Waals surface area contributed by atoms with Gasteiger partial charge < -0.3 is 9.32 Å². The Labute approximate surface area is 314 Å². The second kappa shape index (κ2) is 13.4. The number of benzene rings is 9. The van der Waals surface area contributed by atoms with E-state index in [1.165, 1.54) is 38.6 Å². The van der Waals surface area contributed by atoms with Crippen LogP contribution in [0.1, 0.15) is 0 Å². The third-order valence-electron chi connectivity index (χ3n) is 10.5. The van der Waals surface area contributed by atoms with Gasteiger partial charge in [-0.15, -0.1) is 0 Å². The van der Waals surface area contributed by atoms with Crippen LogP contribution in [0.15, 0.2) is 217 Å². The van der Waals surface area contributed by atoms with E-state index in [0.29, 0.717) is 0 Å². The van der Waals surface area contributed by atoms with Crippen molar-refractivity contribution in [1.82, 2.24) is 0 Å². The highest BCUT2D eigenvalue weighted by Crippen LogP contribution is 2.43. The predicted octanol–water partition coefficient (Wildman–Crippen LogP) is 14.9. The molecule has 1 heterocycles. The van der Waals surface area contributed by atoms with E-state index in [0.717, 1.165) is 55.7 Å². The fraction of sp³-hybridized carbons (Fsp3) is 0. The van der Waals surface area contributed by atoms with Crippen molar-refractivity contribution in [2.75, 3.05) is 4.90 Å². The number of anilines is 3. The van der Waals surface area contributed by atoms with Gasteiger partial charge in [-0.25, -0.2) is 0 Å². The number of furan rings is 1. The van der Waals surface area contributed by atoms with Gasteiger partial charge in [0.2, 0.25) is 0 Å². The summed E-state index contributed by atoms with van der Waals surface area (Å²) in [7, 11) is 0. The van der Waals surface area contributed by atoms with Gasteiger partial charge in [0.25, 0.3) is 0 Å². The zero-order valence-electron chi connectivity index (χ0n) is 29.6. The summed E-state index contributed by atoms with van der Waals surface area (Å²) < 4.78 is 6.12. The summed E-state index contributed by atoms with van der Waals surface area (Å²) in [6.07, 6.45) is 0. The van der Waals surface area contributed by atoms with Crippen molar-refractivity contribution in [3.63, 3.8) is 0 Å². The van der Waals surface area contributed by atoms with Gasteiger partial charge in [0.15, 0.2) is 0 Å². The highest BCUT2D eigenvalue weighted by Gasteiger charge is 2.18. The lowest BCUT2D eigenvalue weighted by Gasteiger charge is -2.28. The maximum absolute atomic E-state index is 6.12. The second-order valence-electron chi connectivity index (χ2n) is 13.7. The molecule has 2 nitrogen and oxygen atoms in total. The van der Waals surface area contributed by atoms with E-state index in [-0.39, 0.29) is 0 Å². The lowest BCUT2D eigenvalue weighted by Crippen LogP contribution is -2.11. The van der Waals surface area contributed by atoms with Gasteiger partial charge in [-0.05, 0) is 104 Å². The van der Waals surface area contributed by atoms with E-state index in [1.54, 1.807) is 0 Å². The summed E-state index contributed by atoms with van der Waals surface area (Å²) in [6.45, 7) is 0. The normalized spacial score (nSPS) is 11.3. The van der Waals surface area contributed by atoms with Gasteiger partial charge in [0, 0.05) is 27.7 Å². The molecule has 0 atom stereocenters. The van der Waals surface area contributed by atoms with Crippen molar-refractivity contribution in [1.29, 1.82) is 0 Å². The van der Waals surface area contributed by atoms with Crippen molar-refractivity contribution in [3.8, 4) is 44.5 Å². The maximum Gasteiger partial charge on any atom is 0.135 e. The van der Waals surface area contributed by atoms with Crippen LogP contribution >= 0.6 is 0 Å². The van der Waals surface area contributed by atoms with Crippen molar-refractivity contribution in [3.05, 3.63) is 212 Å². The average Bonchev–Trinajstić information content (AvgIpc) is 3.63. The van der Waals surface area contributed by atoms with Gasteiger partial charge in [-0.1, -0.05) is 158 Å². The molecule has 2 heteroatoms. The Morgan fingerprint density at radius 2 is 0.815 bits per heavy atom. The maximum atomic E-state index is 6.12. The van der Waals surface area contributed by atoms with Crippen molar-refractivity contribution >= 4 is 49.8 Å². The van der Waals surface area contributed by atoms with Crippen LogP contribution in [0.4, 0.5) is 17.1 Å². The lowest BCUT2D eigenvalue weighted by atomic mass is 9.94. The summed E-state index contributed by atoms with van der Waals surface area (Å²) in [4.78, 5) is 2.38. The summed E-state index contributed by atoms with van der Waals surface area (Å²) in [5, 5.41) is 4.77. The summed E-state index contributed by atoms with van der Waals surface area (Å²) in [6, 6.07) is 76.0. The van der Waals surface area contributed by atoms with Crippen LogP contribution in [0.5, 0.6) is 0 Å². The van der Waals surface area contributed by atoms with E-state index in [4.69, 9.17) is 4.42 Å². The van der Waals surface area contributed by atoms with Crippen molar-refractivity contribution in [2.24, 2.45) is 0 Å². The van der Waals surface area contributed by atoms with Gasteiger partial charge >= 0.3 is 0 Å². The van der Waals surface area contributed by atoms with Crippen LogP contribution < -0.4 is 4.90 Å². The zero-order chi connectivity index (χ0) is 35.8. The van der Waals surface area contributed by atoms with E-state index in [2.05, 4.69) is 205 Å². The number of hydrogen-bond acceptors (Lipinski definition) is 2. The standard InChI is InChI=1S/C52H35NO/c1-2-12-36(13-3-1)37-24-29-43(30-25-37)53(44-31-26-38(27-32-44)40-28-33-52-49(35-40)48-20-7-9-23-51(48)54-52)50-22-8-6-19-47(50)42-17-10-16-41(34-42)46-21-11-15-39-14-4-5-18-45(39)46/h1-35H. The van der Waals surface area contributed by atoms with Gasteiger partial charge in [0.1, 0.15) is 11.2 Å². The SMILES string of the molecule is c1ccc(-c2ccc(N(c3ccc(-c4ccc5oc6ccccc6c5c4)cc3)c3ccccc3-c3cccc(-c4cccc5ccccc45)c3)cc2)cc1. The summed E-state index contributed by atoms with van der Waals surface area (Å²) >= 11 is 0. The molecule has 0 saturated carbocycles. The fourth-order valence-corrected chi connectivity index (χ4v) is 7.81. The van der Waals surface area contributed by atoms with Crippen LogP contribution in [0, 0.1) is 0 Å². The molecule has 9 aromatic carbocycles. The van der Waals surface area contributed by atoms with Crippen LogP contribution in [0.2, 0.25) is 0 Å². The largest absolute Gasteiger partial charge is 0.456 e. The Balaban J connectivity index is 1.08. The third-order valence-corrected chi connectivity index (χ3v) is 10.5. The molecule has 0 aliphatic heterocycles. The highest BCUT2D eigenvalue weighted by atomic mass is 16.3. The Hall–Kier alpha value is -7.16. The quantitative estimate of drug-likeness (QED) is 0.166. The van der Waals surface area contributed by atoms with Gasteiger partial charge in [0.05, 0.1) is 5.69 Å². The number of fused-ring (bicyclic) bond motifs is 4. The van der Waals surface area contributed by atoms with Gasteiger partial charge in [-0.2, -0.15) is 0 Å². The Morgan fingerprint density at radius 1 is 0.296 bits per heavy atom. The minimum Gasteiger partial charge on any atom is -0.456 e. The monoisotopic (exact) mass is 689 g/mol. The van der Waals surface area contributed by atoms with Crippen molar-refractivity contribution < 1.29 is 4.42 Å². The molecular formula is C52H35NO. The van der Waals surface area contributed by atoms with Crippen LogP contribution in [0.25, 0.3) is 77.2 Å². The molecule has 0 aliphatic rings. The average molecular weight is 690 g/mol. The molecule has 0 unspecified atom stereocenters. The van der Waals surface area contributed by atoms with Crippen LogP contribution in [-0.2, 0) is 0 Å². The summed E-state index contributed by atoms with van der Waals surface area (Å²) in [5.74, 6) is 0. The number of nitrogens with zero attached hydrogens (tertiary/aromatic N) is 1. The number of rotatable bonds is 7. The minimum atomic E-state index is 0.905. The number of para-hydroxylation sites is 2. The second-order valence-corrected chi connectivity index (χ2v) is 13.7. The predicted molar refractivity (Wildman–Crippen MR) is 228 cm³/mol. The molecule has 0 aliphatic carbocycles. The molecular weight excluding hydrogens is 655 g/mol. The minimum absolute atomic E-state index is 0.905. The first-order valence-corrected chi connectivity index (χ1v) is 18.4. The lowest BCUT2D eigenvalue weighted by molar-refractivity contribution is 0.669. The molecule has 254 valence electrons. The third kappa shape index (κ3) is 5.71. The first-order valence-electron chi connectivity index (χ1n) is 18.4. The molecule has 0 fully saturated rings. The van der Waals surface area contributed by atoms with E-state index < -0.39 is 0 Å².